The zero-order valence-electron chi connectivity index (χ0n) is 12.4. The summed E-state index contributed by atoms with van der Waals surface area (Å²) in [6.45, 7) is 1.89. The molecule has 0 saturated heterocycles. The van der Waals surface area contributed by atoms with Crippen LogP contribution in [0, 0.1) is 6.92 Å². The molecule has 114 valence electrons. The third-order valence-electron chi connectivity index (χ3n) is 3.79. The highest BCUT2D eigenvalue weighted by Crippen LogP contribution is 2.38. The first-order chi connectivity index (χ1) is 10.5. The number of benzene rings is 1. The first-order valence-corrected chi connectivity index (χ1v) is 7.04. The molecule has 0 radical (unpaired) electrons. The summed E-state index contributed by atoms with van der Waals surface area (Å²) in [7, 11) is 1.55. The Morgan fingerprint density at radius 3 is 2.68 bits per heavy atom. The van der Waals surface area contributed by atoms with Crippen LogP contribution in [0.5, 0.6) is 5.75 Å². The van der Waals surface area contributed by atoms with Gasteiger partial charge in [-0.3, -0.25) is 4.79 Å². The molecule has 0 bridgehead atoms. The number of nitrogens with zero attached hydrogens (tertiary/aromatic N) is 2. The van der Waals surface area contributed by atoms with E-state index in [9.17, 15) is 14.7 Å². The lowest BCUT2D eigenvalue weighted by Gasteiger charge is -2.11. The van der Waals surface area contributed by atoms with E-state index in [1.807, 2.05) is 13.0 Å². The SMILES string of the molecule is COc1cc(-n2nc(C3CC3)cc(C(=O)O)c2=O)ccc1C. The largest absolute Gasteiger partial charge is 0.496 e. The van der Waals surface area contributed by atoms with Crippen molar-refractivity contribution in [2.45, 2.75) is 25.7 Å². The van der Waals surface area contributed by atoms with E-state index in [1.165, 1.54) is 6.07 Å². The van der Waals surface area contributed by atoms with Gasteiger partial charge >= 0.3 is 5.97 Å². The smallest absolute Gasteiger partial charge is 0.341 e. The second kappa shape index (κ2) is 5.29. The minimum Gasteiger partial charge on any atom is -0.496 e. The molecular formula is C16H16N2O4. The van der Waals surface area contributed by atoms with Crippen LogP contribution in [-0.4, -0.2) is 28.0 Å². The molecule has 1 heterocycles. The van der Waals surface area contributed by atoms with Gasteiger partial charge in [0.05, 0.1) is 18.5 Å². The number of hydrogen-bond acceptors (Lipinski definition) is 4. The number of carboxylic acids is 1. The first-order valence-electron chi connectivity index (χ1n) is 7.04. The molecule has 6 heteroatoms. The molecule has 6 nitrogen and oxygen atoms in total. The number of aromatic nitrogens is 2. The van der Waals surface area contributed by atoms with Gasteiger partial charge in [-0.2, -0.15) is 9.78 Å². The fourth-order valence-electron chi connectivity index (χ4n) is 2.36. The Bertz CT molecular complexity index is 806. The first kappa shape index (κ1) is 14.3. The minimum atomic E-state index is -1.23. The molecule has 0 amide bonds. The van der Waals surface area contributed by atoms with E-state index in [1.54, 1.807) is 19.2 Å². The Kier molecular flexibility index (Phi) is 3.44. The standard InChI is InChI=1S/C16H16N2O4/c1-9-3-6-11(7-14(9)22-2)18-15(19)12(16(20)21)8-13(17-18)10-4-5-10/h3,6-8,10H,4-5H2,1-2H3,(H,20,21). The lowest BCUT2D eigenvalue weighted by molar-refractivity contribution is 0.0694. The van der Waals surface area contributed by atoms with Crippen molar-refractivity contribution in [3.8, 4) is 11.4 Å². The van der Waals surface area contributed by atoms with Gasteiger partial charge < -0.3 is 9.84 Å². The number of rotatable bonds is 4. The maximum absolute atomic E-state index is 12.4. The van der Waals surface area contributed by atoms with E-state index >= 15 is 0 Å². The van der Waals surface area contributed by atoms with Crippen LogP contribution in [-0.2, 0) is 0 Å². The van der Waals surface area contributed by atoms with Crippen molar-refractivity contribution in [1.82, 2.24) is 9.78 Å². The highest BCUT2D eigenvalue weighted by Gasteiger charge is 2.28. The third kappa shape index (κ3) is 2.47. The summed E-state index contributed by atoms with van der Waals surface area (Å²) in [6, 6.07) is 6.62. The van der Waals surface area contributed by atoms with Crippen molar-refractivity contribution in [3.63, 3.8) is 0 Å². The summed E-state index contributed by atoms with van der Waals surface area (Å²) in [5.41, 5.74) is 1.18. The molecule has 1 aromatic heterocycles. The predicted octanol–water partition coefficient (Wildman–Crippen LogP) is 2.13. The van der Waals surface area contributed by atoms with Crippen LogP contribution in [0.15, 0.2) is 29.1 Å². The summed E-state index contributed by atoms with van der Waals surface area (Å²) in [4.78, 5) is 23.7. The monoisotopic (exact) mass is 300 g/mol. The Balaban J connectivity index is 2.21. The fraction of sp³-hybridized carbons (Fsp3) is 0.312. The van der Waals surface area contributed by atoms with Gasteiger partial charge in [-0.25, -0.2) is 4.79 Å². The van der Waals surface area contributed by atoms with Crippen LogP contribution < -0.4 is 10.3 Å². The van der Waals surface area contributed by atoms with Crippen molar-refractivity contribution in [3.05, 3.63) is 51.4 Å². The van der Waals surface area contributed by atoms with E-state index in [-0.39, 0.29) is 11.5 Å². The zero-order valence-corrected chi connectivity index (χ0v) is 12.4. The topological polar surface area (TPSA) is 81.4 Å². The molecule has 1 N–H and O–H groups in total. The van der Waals surface area contributed by atoms with Crippen LogP contribution >= 0.6 is 0 Å². The molecular weight excluding hydrogens is 284 g/mol. The molecule has 3 rings (SSSR count). The Morgan fingerprint density at radius 2 is 2.09 bits per heavy atom. The van der Waals surface area contributed by atoms with E-state index < -0.39 is 11.5 Å². The molecule has 0 unspecified atom stereocenters. The van der Waals surface area contributed by atoms with E-state index in [0.717, 1.165) is 23.1 Å². The Hall–Kier alpha value is -2.63. The molecule has 1 aromatic carbocycles. The Morgan fingerprint density at radius 1 is 1.36 bits per heavy atom. The minimum absolute atomic E-state index is 0.247. The number of methoxy groups -OCH3 is 1. The van der Waals surface area contributed by atoms with Crippen molar-refractivity contribution in [2.75, 3.05) is 7.11 Å². The maximum atomic E-state index is 12.4. The Labute approximate surface area is 127 Å². The summed E-state index contributed by atoms with van der Waals surface area (Å²) < 4.78 is 6.41. The van der Waals surface area contributed by atoms with Crippen LogP contribution in [0.2, 0.25) is 0 Å². The number of ether oxygens (including phenoxy) is 1. The van der Waals surface area contributed by atoms with Gasteiger partial charge in [0.15, 0.2) is 0 Å². The molecule has 1 aliphatic carbocycles. The van der Waals surface area contributed by atoms with Gasteiger partial charge in [-0.15, -0.1) is 0 Å². The number of aryl methyl sites for hydroxylation is 1. The number of carbonyl (C=O) groups is 1. The van der Waals surface area contributed by atoms with Crippen molar-refractivity contribution < 1.29 is 14.6 Å². The summed E-state index contributed by atoms with van der Waals surface area (Å²) in [5.74, 6) is -0.362. The summed E-state index contributed by atoms with van der Waals surface area (Å²) in [5, 5.41) is 13.6. The van der Waals surface area contributed by atoms with Crippen LogP contribution in [0.1, 0.15) is 40.4 Å². The van der Waals surface area contributed by atoms with Gasteiger partial charge in [0.1, 0.15) is 11.3 Å². The lowest BCUT2D eigenvalue weighted by Crippen LogP contribution is -2.28. The molecule has 2 aromatic rings. The van der Waals surface area contributed by atoms with Crippen LogP contribution in [0.25, 0.3) is 5.69 Å². The van der Waals surface area contributed by atoms with Gasteiger partial charge in [0.25, 0.3) is 5.56 Å². The molecule has 1 aliphatic rings. The molecule has 0 aliphatic heterocycles. The summed E-state index contributed by atoms with van der Waals surface area (Å²) in [6.07, 6.45) is 1.95. The predicted molar refractivity (Wildman–Crippen MR) is 80.1 cm³/mol. The maximum Gasteiger partial charge on any atom is 0.341 e. The van der Waals surface area contributed by atoms with Crippen LogP contribution in [0.3, 0.4) is 0 Å². The molecule has 0 atom stereocenters. The van der Waals surface area contributed by atoms with Gasteiger partial charge in [0, 0.05) is 12.0 Å². The molecule has 0 spiro atoms. The van der Waals surface area contributed by atoms with Crippen molar-refractivity contribution >= 4 is 5.97 Å². The van der Waals surface area contributed by atoms with Gasteiger partial charge in [-0.05, 0) is 37.5 Å². The summed E-state index contributed by atoms with van der Waals surface area (Å²) >= 11 is 0. The molecule has 22 heavy (non-hydrogen) atoms. The lowest BCUT2D eigenvalue weighted by atomic mass is 10.2. The van der Waals surface area contributed by atoms with Crippen LogP contribution in [0.4, 0.5) is 0 Å². The van der Waals surface area contributed by atoms with E-state index in [4.69, 9.17) is 4.74 Å². The average molecular weight is 300 g/mol. The second-order valence-corrected chi connectivity index (χ2v) is 5.43. The van der Waals surface area contributed by atoms with E-state index in [0.29, 0.717) is 17.1 Å². The number of carboxylic acid groups (broad SMARTS) is 1. The van der Waals surface area contributed by atoms with Gasteiger partial charge in [0.2, 0.25) is 0 Å². The number of hydrogen-bond donors (Lipinski definition) is 1. The van der Waals surface area contributed by atoms with E-state index in [2.05, 4.69) is 5.10 Å². The second-order valence-electron chi connectivity index (χ2n) is 5.43. The highest BCUT2D eigenvalue weighted by molar-refractivity contribution is 5.87. The quantitative estimate of drug-likeness (QED) is 0.935. The third-order valence-corrected chi connectivity index (χ3v) is 3.79. The fourth-order valence-corrected chi connectivity index (χ4v) is 2.36. The van der Waals surface area contributed by atoms with Crippen molar-refractivity contribution in [2.24, 2.45) is 0 Å². The molecule has 1 fully saturated rings. The number of aromatic carboxylic acids is 1. The highest BCUT2D eigenvalue weighted by atomic mass is 16.5. The molecule has 1 saturated carbocycles. The average Bonchev–Trinajstić information content (AvgIpc) is 3.32. The zero-order chi connectivity index (χ0) is 15.9. The van der Waals surface area contributed by atoms with Gasteiger partial charge in [-0.1, -0.05) is 6.07 Å². The van der Waals surface area contributed by atoms with Crippen molar-refractivity contribution in [1.29, 1.82) is 0 Å². The normalized spacial score (nSPS) is 13.9.